The van der Waals surface area contributed by atoms with Gasteiger partial charge in [0.1, 0.15) is 5.69 Å². The number of nitrogens with one attached hydrogen (secondary N) is 1. The first kappa shape index (κ1) is 26.7. The maximum Gasteiger partial charge on any atom is 0.223 e. The molecule has 0 bridgehead atoms. The molecule has 4 heterocycles. The van der Waals surface area contributed by atoms with Crippen LogP contribution in [-0.2, 0) is 16.0 Å². The van der Waals surface area contributed by atoms with Crippen LogP contribution in [0.1, 0.15) is 44.5 Å². The molecule has 9 nitrogen and oxygen atoms in total. The summed E-state index contributed by atoms with van der Waals surface area (Å²) in [5, 5.41) is 13.9. The number of fused-ring (bicyclic) bond motifs is 1. The average molecular weight is 526 g/mol. The number of pyridine rings is 1. The summed E-state index contributed by atoms with van der Waals surface area (Å²) in [4.78, 5) is 24.4. The molecule has 5 rings (SSSR count). The van der Waals surface area contributed by atoms with E-state index in [0.717, 1.165) is 29.5 Å². The predicted molar refractivity (Wildman–Crippen MR) is 144 cm³/mol. The number of ether oxygens (including phenoxy) is 2. The van der Waals surface area contributed by atoms with Gasteiger partial charge in [-0.2, -0.15) is 0 Å². The fourth-order valence-electron chi connectivity index (χ4n) is 5.40. The number of hydrogen-bond donors (Lipinski definition) is 2. The molecule has 10 heteroatoms. The first-order valence-corrected chi connectivity index (χ1v) is 13.3. The number of aromatic nitrogens is 3. The molecule has 3 aromatic rings. The summed E-state index contributed by atoms with van der Waals surface area (Å²) < 4.78 is 28.1. The van der Waals surface area contributed by atoms with Crippen molar-refractivity contribution < 1.29 is 19.0 Å². The van der Waals surface area contributed by atoms with Crippen molar-refractivity contribution in [3.8, 4) is 11.3 Å². The van der Waals surface area contributed by atoms with E-state index < -0.39 is 11.9 Å². The van der Waals surface area contributed by atoms with Gasteiger partial charge in [-0.25, -0.2) is 14.4 Å². The zero-order valence-electron chi connectivity index (χ0n) is 22.4. The number of hydrogen-bond acceptors (Lipinski definition) is 8. The molecule has 204 valence electrons. The summed E-state index contributed by atoms with van der Waals surface area (Å²) in [5.74, 6) is -0.324. The summed E-state index contributed by atoms with van der Waals surface area (Å²) in [6.07, 6.45) is 1.03. The monoisotopic (exact) mass is 525 g/mol. The van der Waals surface area contributed by atoms with Crippen molar-refractivity contribution in [3.05, 3.63) is 51.7 Å². The van der Waals surface area contributed by atoms with E-state index in [9.17, 15) is 9.90 Å². The molecule has 2 aromatic heterocycles. The van der Waals surface area contributed by atoms with Crippen LogP contribution in [0, 0.1) is 12.7 Å². The molecule has 0 unspecified atom stereocenters. The lowest BCUT2D eigenvalue weighted by Gasteiger charge is -2.35. The molecule has 0 radical (unpaired) electrons. The summed E-state index contributed by atoms with van der Waals surface area (Å²) in [6.45, 7) is 11.7. The highest BCUT2D eigenvalue weighted by atomic mass is 19.1. The van der Waals surface area contributed by atoms with Gasteiger partial charge in [-0.3, -0.25) is 9.69 Å². The molecule has 38 heavy (non-hydrogen) atoms. The molecule has 0 aliphatic carbocycles. The maximum absolute atomic E-state index is 15.0. The lowest BCUT2D eigenvalue weighted by atomic mass is 10.0. The molecule has 3 atom stereocenters. The number of halogens is 1. The molecule has 0 amide bonds. The van der Waals surface area contributed by atoms with Crippen LogP contribution < -0.4 is 10.7 Å². The largest absolute Gasteiger partial charge is 0.389 e. The van der Waals surface area contributed by atoms with Crippen molar-refractivity contribution in [2.75, 3.05) is 38.3 Å². The Hall–Kier alpha value is -2.92. The zero-order chi connectivity index (χ0) is 27.0. The van der Waals surface area contributed by atoms with E-state index in [1.165, 1.54) is 0 Å². The maximum atomic E-state index is 15.0. The first-order valence-electron chi connectivity index (χ1n) is 13.3. The lowest BCUT2D eigenvalue weighted by molar-refractivity contribution is -0.0136. The SMILES string of the molecule is Cc1c(CN2CCOC[C@@H]2C)n(C(C)C)c2cc(-c3nc(N[C@@H]4CCOC[C@H]4O)ncc3F)ccc2c1=O. The Kier molecular flexibility index (Phi) is 7.76. The van der Waals surface area contributed by atoms with E-state index >= 15 is 4.39 Å². The van der Waals surface area contributed by atoms with Crippen LogP contribution in [0.4, 0.5) is 10.3 Å². The number of nitrogens with zero attached hydrogens (tertiary/aromatic N) is 4. The molecular weight excluding hydrogens is 489 g/mol. The van der Waals surface area contributed by atoms with Crippen LogP contribution >= 0.6 is 0 Å². The van der Waals surface area contributed by atoms with Gasteiger partial charge < -0.3 is 24.5 Å². The van der Waals surface area contributed by atoms with Crippen molar-refractivity contribution in [2.45, 2.75) is 64.9 Å². The number of anilines is 1. The third kappa shape index (κ3) is 5.18. The molecule has 2 saturated heterocycles. The van der Waals surface area contributed by atoms with Crippen molar-refractivity contribution in [1.29, 1.82) is 0 Å². The van der Waals surface area contributed by atoms with Gasteiger partial charge >= 0.3 is 0 Å². The number of aliphatic hydroxyl groups excluding tert-OH is 1. The quantitative estimate of drug-likeness (QED) is 0.506. The molecular formula is C28H36FN5O4. The normalized spacial score (nSPS) is 22.8. The minimum atomic E-state index is -0.696. The number of aliphatic hydroxyl groups is 1. The van der Waals surface area contributed by atoms with E-state index in [-0.39, 0.29) is 41.8 Å². The summed E-state index contributed by atoms with van der Waals surface area (Å²) >= 11 is 0. The minimum absolute atomic E-state index is 0.0154. The van der Waals surface area contributed by atoms with Gasteiger partial charge in [0, 0.05) is 54.0 Å². The van der Waals surface area contributed by atoms with Gasteiger partial charge in [0.15, 0.2) is 11.2 Å². The Morgan fingerprint density at radius 3 is 2.76 bits per heavy atom. The lowest BCUT2D eigenvalue weighted by Crippen LogP contribution is -2.44. The average Bonchev–Trinajstić information content (AvgIpc) is 2.90. The second-order valence-electron chi connectivity index (χ2n) is 10.6. The summed E-state index contributed by atoms with van der Waals surface area (Å²) in [5.41, 5.74) is 3.11. The number of rotatable bonds is 6. The van der Waals surface area contributed by atoms with Gasteiger partial charge in [0.25, 0.3) is 0 Å². The van der Waals surface area contributed by atoms with Crippen LogP contribution in [0.15, 0.2) is 29.2 Å². The fourth-order valence-corrected chi connectivity index (χ4v) is 5.40. The van der Waals surface area contributed by atoms with Gasteiger partial charge in [-0.05, 0) is 46.2 Å². The van der Waals surface area contributed by atoms with Crippen LogP contribution in [0.5, 0.6) is 0 Å². The predicted octanol–water partition coefficient (Wildman–Crippen LogP) is 3.27. The Bertz CT molecular complexity index is 1380. The van der Waals surface area contributed by atoms with Gasteiger partial charge in [0.05, 0.1) is 43.7 Å². The molecule has 2 aliphatic heterocycles. The first-order chi connectivity index (χ1) is 18.2. The molecule has 2 N–H and O–H groups in total. The Morgan fingerprint density at radius 2 is 2.03 bits per heavy atom. The third-order valence-electron chi connectivity index (χ3n) is 7.60. The highest BCUT2D eigenvalue weighted by molar-refractivity contribution is 5.85. The van der Waals surface area contributed by atoms with Crippen LogP contribution in [0.2, 0.25) is 0 Å². The highest BCUT2D eigenvalue weighted by Gasteiger charge is 2.26. The van der Waals surface area contributed by atoms with Crippen molar-refractivity contribution in [3.63, 3.8) is 0 Å². The molecule has 2 aliphatic rings. The van der Waals surface area contributed by atoms with Crippen LogP contribution in [0.3, 0.4) is 0 Å². The van der Waals surface area contributed by atoms with E-state index in [2.05, 4.69) is 45.5 Å². The Labute approximate surface area is 221 Å². The third-order valence-corrected chi connectivity index (χ3v) is 7.60. The van der Waals surface area contributed by atoms with E-state index in [1.807, 2.05) is 13.0 Å². The number of morpholine rings is 1. The summed E-state index contributed by atoms with van der Waals surface area (Å²) in [7, 11) is 0. The van der Waals surface area contributed by atoms with Crippen molar-refractivity contribution in [2.24, 2.45) is 0 Å². The standard InChI is InChI=1S/C28H36FN5O4/c1-16(2)34-23-11-19(26-21(29)12-30-28(32-26)31-22-7-9-37-15-25(22)35)5-6-20(23)27(36)18(4)24(34)13-33-8-10-38-14-17(33)3/h5-6,11-12,16-17,22,25,35H,7-10,13-15H2,1-4H3,(H,30,31,32)/t17-,22+,25+/m0/s1. The Balaban J connectivity index is 1.58. The second-order valence-corrected chi connectivity index (χ2v) is 10.6. The Morgan fingerprint density at radius 1 is 1.24 bits per heavy atom. The van der Waals surface area contributed by atoms with E-state index in [0.29, 0.717) is 43.7 Å². The van der Waals surface area contributed by atoms with E-state index in [1.54, 1.807) is 12.1 Å². The van der Waals surface area contributed by atoms with Crippen molar-refractivity contribution >= 4 is 16.9 Å². The minimum Gasteiger partial charge on any atom is -0.389 e. The smallest absolute Gasteiger partial charge is 0.223 e. The summed E-state index contributed by atoms with van der Waals surface area (Å²) in [6, 6.07) is 5.38. The molecule has 0 saturated carbocycles. The van der Waals surface area contributed by atoms with Crippen LogP contribution in [-0.4, -0.2) is 75.7 Å². The van der Waals surface area contributed by atoms with Gasteiger partial charge in [-0.15, -0.1) is 0 Å². The zero-order valence-corrected chi connectivity index (χ0v) is 22.4. The van der Waals surface area contributed by atoms with Gasteiger partial charge in [-0.1, -0.05) is 6.07 Å². The molecule has 1 aromatic carbocycles. The second kappa shape index (κ2) is 11.1. The number of benzene rings is 1. The fraction of sp³-hybridized carbons (Fsp3) is 0.536. The molecule has 2 fully saturated rings. The molecule has 0 spiro atoms. The van der Waals surface area contributed by atoms with Crippen molar-refractivity contribution in [1.82, 2.24) is 19.4 Å². The van der Waals surface area contributed by atoms with E-state index in [4.69, 9.17) is 9.47 Å². The van der Waals surface area contributed by atoms with Crippen LogP contribution in [0.25, 0.3) is 22.2 Å². The topological polar surface area (TPSA) is 102 Å². The van der Waals surface area contributed by atoms with Gasteiger partial charge in [0.2, 0.25) is 5.95 Å². The highest BCUT2D eigenvalue weighted by Crippen LogP contribution is 2.29.